The molecule has 0 fully saturated rings. The van der Waals surface area contributed by atoms with Crippen molar-refractivity contribution < 1.29 is 23.8 Å². The standard InChI is InChI=1S/C8H10NO6P/c1-6(15-16(12,13)14)7-4-2-3-5-8(7)9(10)11/h2-6H,1H3,(H2,12,13,14). The summed E-state index contributed by atoms with van der Waals surface area (Å²) in [6, 6.07) is 5.63. The molecule has 1 atom stereocenters. The van der Waals surface area contributed by atoms with E-state index in [2.05, 4.69) is 4.52 Å². The second-order valence-electron chi connectivity index (χ2n) is 3.05. The summed E-state index contributed by atoms with van der Waals surface area (Å²) in [4.78, 5) is 27.2. The van der Waals surface area contributed by atoms with Crippen LogP contribution in [0, 0.1) is 10.1 Å². The molecule has 0 saturated heterocycles. The highest BCUT2D eigenvalue weighted by atomic mass is 31.2. The van der Waals surface area contributed by atoms with E-state index in [1.54, 1.807) is 0 Å². The predicted octanol–water partition coefficient (Wildman–Crippen LogP) is 1.77. The Balaban J connectivity index is 3.04. The van der Waals surface area contributed by atoms with Gasteiger partial charge in [-0.1, -0.05) is 12.1 Å². The predicted molar refractivity (Wildman–Crippen MR) is 54.6 cm³/mol. The first kappa shape index (κ1) is 12.8. The van der Waals surface area contributed by atoms with Gasteiger partial charge in [-0.15, -0.1) is 0 Å². The number of hydrogen-bond donors (Lipinski definition) is 2. The second-order valence-corrected chi connectivity index (χ2v) is 4.25. The van der Waals surface area contributed by atoms with Crippen LogP contribution in [-0.4, -0.2) is 14.7 Å². The van der Waals surface area contributed by atoms with E-state index in [9.17, 15) is 14.7 Å². The van der Waals surface area contributed by atoms with E-state index in [1.165, 1.54) is 31.2 Å². The average Bonchev–Trinajstić information content (AvgIpc) is 2.15. The van der Waals surface area contributed by atoms with Crippen molar-refractivity contribution >= 4 is 13.5 Å². The van der Waals surface area contributed by atoms with E-state index >= 15 is 0 Å². The van der Waals surface area contributed by atoms with E-state index in [0.717, 1.165) is 0 Å². The Hall–Kier alpha value is -1.27. The van der Waals surface area contributed by atoms with Crippen LogP contribution in [0.25, 0.3) is 0 Å². The van der Waals surface area contributed by atoms with Gasteiger partial charge in [-0.2, -0.15) is 0 Å². The summed E-state index contributed by atoms with van der Waals surface area (Å²) in [5, 5.41) is 10.6. The lowest BCUT2D eigenvalue weighted by atomic mass is 10.1. The molecule has 1 aromatic carbocycles. The highest BCUT2D eigenvalue weighted by Crippen LogP contribution is 2.43. The molecule has 1 unspecified atom stereocenters. The van der Waals surface area contributed by atoms with Crippen LogP contribution in [-0.2, 0) is 9.09 Å². The first-order valence-electron chi connectivity index (χ1n) is 4.28. The molecule has 7 nitrogen and oxygen atoms in total. The summed E-state index contributed by atoms with van der Waals surface area (Å²) in [7, 11) is -4.66. The molecule has 1 rings (SSSR count). The SMILES string of the molecule is CC(OP(=O)(O)O)c1ccccc1[N+](=O)[O-]. The number of nitro groups is 1. The Morgan fingerprint density at radius 2 is 2.00 bits per heavy atom. The Morgan fingerprint density at radius 3 is 2.50 bits per heavy atom. The third-order valence-electron chi connectivity index (χ3n) is 1.87. The van der Waals surface area contributed by atoms with Crippen LogP contribution >= 0.6 is 7.82 Å². The first-order valence-corrected chi connectivity index (χ1v) is 5.81. The zero-order valence-corrected chi connectivity index (χ0v) is 9.20. The molecule has 0 heterocycles. The lowest BCUT2D eigenvalue weighted by Gasteiger charge is -2.13. The molecule has 1 aromatic rings. The van der Waals surface area contributed by atoms with Gasteiger partial charge in [-0.25, -0.2) is 4.57 Å². The van der Waals surface area contributed by atoms with Crippen LogP contribution in [0.1, 0.15) is 18.6 Å². The van der Waals surface area contributed by atoms with Gasteiger partial charge in [0.15, 0.2) is 0 Å². The number of para-hydroxylation sites is 1. The van der Waals surface area contributed by atoms with Gasteiger partial charge in [0.05, 0.1) is 16.6 Å². The third kappa shape index (κ3) is 3.39. The molecule has 0 saturated carbocycles. The van der Waals surface area contributed by atoms with Crippen molar-refractivity contribution in [3.8, 4) is 0 Å². The van der Waals surface area contributed by atoms with Crippen molar-refractivity contribution in [3.63, 3.8) is 0 Å². The lowest BCUT2D eigenvalue weighted by Crippen LogP contribution is -2.02. The molecule has 88 valence electrons. The molecular formula is C8H10NO6P. The molecule has 0 aliphatic rings. The number of phosphoric acid groups is 1. The van der Waals surface area contributed by atoms with Gasteiger partial charge < -0.3 is 9.79 Å². The molecule has 0 aromatic heterocycles. The molecule has 0 aliphatic heterocycles. The first-order chi connectivity index (χ1) is 7.31. The molecule has 0 spiro atoms. The van der Waals surface area contributed by atoms with Gasteiger partial charge in [-0.05, 0) is 13.0 Å². The van der Waals surface area contributed by atoms with Gasteiger partial charge >= 0.3 is 7.82 Å². The minimum atomic E-state index is -4.66. The minimum absolute atomic E-state index is 0.121. The molecular weight excluding hydrogens is 237 g/mol. The average molecular weight is 247 g/mol. The van der Waals surface area contributed by atoms with E-state index in [-0.39, 0.29) is 11.3 Å². The number of phosphoric ester groups is 1. The summed E-state index contributed by atoms with van der Waals surface area (Å²) in [5.41, 5.74) is -0.112. The fourth-order valence-corrected chi connectivity index (χ4v) is 1.79. The zero-order chi connectivity index (χ0) is 12.3. The maximum atomic E-state index is 10.6. The summed E-state index contributed by atoms with van der Waals surface area (Å²) in [6.45, 7) is 1.33. The van der Waals surface area contributed by atoms with Crippen molar-refractivity contribution in [2.75, 3.05) is 0 Å². The number of benzene rings is 1. The summed E-state index contributed by atoms with van der Waals surface area (Å²) >= 11 is 0. The van der Waals surface area contributed by atoms with Crippen LogP contribution in [0.5, 0.6) is 0 Å². The topological polar surface area (TPSA) is 110 Å². The van der Waals surface area contributed by atoms with Crippen LogP contribution in [0.15, 0.2) is 24.3 Å². The van der Waals surface area contributed by atoms with Crippen molar-refractivity contribution in [2.24, 2.45) is 0 Å². The Morgan fingerprint density at radius 1 is 1.44 bits per heavy atom. The van der Waals surface area contributed by atoms with Gasteiger partial charge in [0.25, 0.3) is 5.69 Å². The molecule has 0 amide bonds. The second kappa shape index (κ2) is 4.71. The Bertz CT molecular complexity index is 442. The molecule has 16 heavy (non-hydrogen) atoms. The van der Waals surface area contributed by atoms with E-state index < -0.39 is 18.8 Å². The highest BCUT2D eigenvalue weighted by Gasteiger charge is 2.25. The van der Waals surface area contributed by atoms with Crippen molar-refractivity contribution in [1.29, 1.82) is 0 Å². The molecule has 0 bridgehead atoms. The number of nitrogens with zero attached hydrogens (tertiary/aromatic N) is 1. The van der Waals surface area contributed by atoms with Crippen LogP contribution in [0.2, 0.25) is 0 Å². The monoisotopic (exact) mass is 247 g/mol. The number of nitro benzene ring substituents is 1. The fraction of sp³-hybridized carbons (Fsp3) is 0.250. The molecule has 2 N–H and O–H groups in total. The zero-order valence-electron chi connectivity index (χ0n) is 8.31. The summed E-state index contributed by atoms with van der Waals surface area (Å²) < 4.78 is 15.0. The summed E-state index contributed by atoms with van der Waals surface area (Å²) in [5.74, 6) is 0. The van der Waals surface area contributed by atoms with Crippen LogP contribution < -0.4 is 0 Å². The van der Waals surface area contributed by atoms with Crippen molar-refractivity contribution in [2.45, 2.75) is 13.0 Å². The summed E-state index contributed by atoms with van der Waals surface area (Å²) in [6.07, 6.45) is -1.05. The van der Waals surface area contributed by atoms with Gasteiger partial charge in [0.2, 0.25) is 0 Å². The van der Waals surface area contributed by atoms with Crippen LogP contribution in [0.3, 0.4) is 0 Å². The van der Waals surface area contributed by atoms with Crippen LogP contribution in [0.4, 0.5) is 5.69 Å². The van der Waals surface area contributed by atoms with Crippen molar-refractivity contribution in [1.82, 2.24) is 0 Å². The Labute approximate surface area is 91.1 Å². The maximum Gasteiger partial charge on any atom is 0.470 e. The van der Waals surface area contributed by atoms with E-state index in [0.29, 0.717) is 0 Å². The smallest absolute Gasteiger partial charge is 0.303 e. The van der Waals surface area contributed by atoms with Gasteiger partial charge in [0, 0.05) is 6.07 Å². The number of hydrogen-bond acceptors (Lipinski definition) is 4. The van der Waals surface area contributed by atoms with E-state index in [4.69, 9.17) is 9.79 Å². The molecule has 8 heteroatoms. The molecule has 0 aliphatic carbocycles. The number of rotatable bonds is 4. The van der Waals surface area contributed by atoms with Gasteiger partial charge in [0.1, 0.15) is 0 Å². The fourth-order valence-electron chi connectivity index (χ4n) is 1.26. The lowest BCUT2D eigenvalue weighted by molar-refractivity contribution is -0.386. The van der Waals surface area contributed by atoms with Gasteiger partial charge in [-0.3, -0.25) is 14.6 Å². The highest BCUT2D eigenvalue weighted by molar-refractivity contribution is 7.46. The van der Waals surface area contributed by atoms with E-state index in [1.807, 2.05) is 0 Å². The minimum Gasteiger partial charge on any atom is -0.303 e. The largest absolute Gasteiger partial charge is 0.470 e. The Kier molecular flexibility index (Phi) is 3.77. The molecule has 0 radical (unpaired) electrons. The van der Waals surface area contributed by atoms with Crippen molar-refractivity contribution in [3.05, 3.63) is 39.9 Å². The quantitative estimate of drug-likeness (QED) is 0.476. The third-order valence-corrected chi connectivity index (χ3v) is 2.46. The normalized spacial score (nSPS) is 13.4. The maximum absolute atomic E-state index is 10.6.